The SMILES string of the molecule is CN(Cc1ccoc1)C(=O)CCC1CCNC1. The van der Waals surface area contributed by atoms with Crippen LogP contribution < -0.4 is 5.32 Å². The van der Waals surface area contributed by atoms with E-state index in [4.69, 9.17) is 4.42 Å². The lowest BCUT2D eigenvalue weighted by Crippen LogP contribution is -2.26. The first-order valence-electron chi connectivity index (χ1n) is 6.21. The predicted octanol–water partition coefficient (Wildman–Crippen LogP) is 1.63. The highest BCUT2D eigenvalue weighted by Gasteiger charge is 2.17. The van der Waals surface area contributed by atoms with Crippen molar-refractivity contribution in [3.05, 3.63) is 24.2 Å². The van der Waals surface area contributed by atoms with Gasteiger partial charge in [0.15, 0.2) is 0 Å². The monoisotopic (exact) mass is 236 g/mol. The molecule has 1 atom stereocenters. The second kappa shape index (κ2) is 5.87. The Bertz CT molecular complexity index is 342. The van der Waals surface area contributed by atoms with E-state index in [-0.39, 0.29) is 5.91 Å². The van der Waals surface area contributed by atoms with Crippen LogP contribution in [0.1, 0.15) is 24.8 Å². The minimum absolute atomic E-state index is 0.220. The van der Waals surface area contributed by atoms with Gasteiger partial charge in [0.1, 0.15) is 0 Å². The number of nitrogens with zero attached hydrogens (tertiary/aromatic N) is 1. The van der Waals surface area contributed by atoms with Gasteiger partial charge in [0.2, 0.25) is 5.91 Å². The molecular formula is C13H20N2O2. The third kappa shape index (κ3) is 3.60. The van der Waals surface area contributed by atoms with Crippen LogP contribution in [-0.4, -0.2) is 30.9 Å². The molecule has 1 aromatic rings. The van der Waals surface area contributed by atoms with Crippen molar-refractivity contribution in [3.63, 3.8) is 0 Å². The van der Waals surface area contributed by atoms with Gasteiger partial charge in [-0.2, -0.15) is 0 Å². The standard InChI is InChI=1S/C13H20N2O2/c1-15(9-12-5-7-17-10-12)13(16)3-2-11-4-6-14-8-11/h5,7,10-11,14H,2-4,6,8-9H2,1H3. The summed E-state index contributed by atoms with van der Waals surface area (Å²) in [4.78, 5) is 13.7. The van der Waals surface area contributed by atoms with Gasteiger partial charge < -0.3 is 14.6 Å². The Morgan fingerprint density at radius 1 is 1.65 bits per heavy atom. The van der Waals surface area contributed by atoms with Gasteiger partial charge in [-0.3, -0.25) is 4.79 Å². The molecule has 0 spiro atoms. The van der Waals surface area contributed by atoms with Gasteiger partial charge in [-0.15, -0.1) is 0 Å². The molecule has 0 bridgehead atoms. The van der Waals surface area contributed by atoms with Crippen molar-refractivity contribution in [2.75, 3.05) is 20.1 Å². The fourth-order valence-corrected chi connectivity index (χ4v) is 2.22. The van der Waals surface area contributed by atoms with Crippen molar-refractivity contribution in [2.45, 2.75) is 25.8 Å². The molecule has 4 heteroatoms. The fourth-order valence-electron chi connectivity index (χ4n) is 2.22. The van der Waals surface area contributed by atoms with Crippen LogP contribution in [0, 0.1) is 5.92 Å². The van der Waals surface area contributed by atoms with Gasteiger partial charge in [0.05, 0.1) is 12.5 Å². The molecule has 0 aromatic carbocycles. The summed E-state index contributed by atoms with van der Waals surface area (Å²) in [6, 6.07) is 1.89. The molecule has 0 aliphatic carbocycles. The largest absolute Gasteiger partial charge is 0.472 e. The van der Waals surface area contributed by atoms with E-state index in [0.717, 1.165) is 25.1 Å². The van der Waals surface area contributed by atoms with Crippen molar-refractivity contribution >= 4 is 5.91 Å². The zero-order valence-corrected chi connectivity index (χ0v) is 10.3. The second-order valence-electron chi connectivity index (χ2n) is 4.78. The zero-order chi connectivity index (χ0) is 12.1. The van der Waals surface area contributed by atoms with Crippen LogP contribution in [0.3, 0.4) is 0 Å². The number of carbonyl (C=O) groups excluding carboxylic acids is 1. The normalized spacial score (nSPS) is 19.5. The number of carbonyl (C=O) groups is 1. The van der Waals surface area contributed by atoms with Crippen molar-refractivity contribution < 1.29 is 9.21 Å². The van der Waals surface area contributed by atoms with E-state index in [9.17, 15) is 4.79 Å². The lowest BCUT2D eigenvalue weighted by Gasteiger charge is -2.17. The molecule has 1 N–H and O–H groups in total. The van der Waals surface area contributed by atoms with E-state index in [1.807, 2.05) is 13.1 Å². The molecular weight excluding hydrogens is 216 g/mol. The Morgan fingerprint density at radius 3 is 3.18 bits per heavy atom. The Labute approximate surface area is 102 Å². The third-order valence-electron chi connectivity index (χ3n) is 3.35. The number of rotatable bonds is 5. The van der Waals surface area contributed by atoms with Crippen LogP contribution in [0.5, 0.6) is 0 Å². The molecule has 4 nitrogen and oxygen atoms in total. The molecule has 94 valence electrons. The molecule has 0 saturated carbocycles. The smallest absolute Gasteiger partial charge is 0.222 e. The van der Waals surface area contributed by atoms with Crippen LogP contribution in [0.2, 0.25) is 0 Å². The summed E-state index contributed by atoms with van der Waals surface area (Å²) in [6.07, 6.45) is 6.18. The molecule has 1 fully saturated rings. The topological polar surface area (TPSA) is 45.5 Å². The molecule has 1 aliphatic rings. The quantitative estimate of drug-likeness (QED) is 0.845. The lowest BCUT2D eigenvalue weighted by molar-refractivity contribution is -0.130. The molecule has 2 heterocycles. The van der Waals surface area contributed by atoms with E-state index in [0.29, 0.717) is 18.9 Å². The first-order valence-corrected chi connectivity index (χ1v) is 6.21. The number of nitrogens with one attached hydrogen (secondary N) is 1. The van der Waals surface area contributed by atoms with Crippen LogP contribution in [0.15, 0.2) is 23.0 Å². The summed E-state index contributed by atoms with van der Waals surface area (Å²) in [5.74, 6) is 0.902. The zero-order valence-electron chi connectivity index (χ0n) is 10.3. The van der Waals surface area contributed by atoms with Crippen molar-refractivity contribution in [3.8, 4) is 0 Å². The van der Waals surface area contributed by atoms with Crippen LogP contribution in [0.25, 0.3) is 0 Å². The molecule has 1 unspecified atom stereocenters. The fraction of sp³-hybridized carbons (Fsp3) is 0.615. The Hall–Kier alpha value is -1.29. The van der Waals surface area contributed by atoms with Crippen molar-refractivity contribution in [1.82, 2.24) is 10.2 Å². The van der Waals surface area contributed by atoms with Crippen LogP contribution in [0.4, 0.5) is 0 Å². The molecule has 1 aromatic heterocycles. The number of hydrogen-bond acceptors (Lipinski definition) is 3. The Morgan fingerprint density at radius 2 is 2.53 bits per heavy atom. The summed E-state index contributed by atoms with van der Waals surface area (Å²) >= 11 is 0. The van der Waals surface area contributed by atoms with Crippen LogP contribution in [-0.2, 0) is 11.3 Å². The van der Waals surface area contributed by atoms with Gasteiger partial charge in [0, 0.05) is 25.6 Å². The summed E-state index contributed by atoms with van der Waals surface area (Å²) in [7, 11) is 1.85. The molecule has 0 radical (unpaired) electrons. The number of furan rings is 1. The van der Waals surface area contributed by atoms with Crippen molar-refractivity contribution in [2.24, 2.45) is 5.92 Å². The van der Waals surface area contributed by atoms with E-state index in [1.165, 1.54) is 6.42 Å². The average molecular weight is 236 g/mol. The molecule has 1 aliphatic heterocycles. The van der Waals surface area contributed by atoms with E-state index in [2.05, 4.69) is 5.32 Å². The maximum atomic E-state index is 11.9. The third-order valence-corrected chi connectivity index (χ3v) is 3.35. The Kier molecular flexibility index (Phi) is 4.20. The van der Waals surface area contributed by atoms with Gasteiger partial charge in [-0.05, 0) is 37.9 Å². The summed E-state index contributed by atoms with van der Waals surface area (Å²) in [5, 5.41) is 3.32. The highest BCUT2D eigenvalue weighted by Crippen LogP contribution is 2.15. The minimum atomic E-state index is 0.220. The van der Waals surface area contributed by atoms with E-state index < -0.39 is 0 Å². The van der Waals surface area contributed by atoms with Gasteiger partial charge in [0.25, 0.3) is 0 Å². The van der Waals surface area contributed by atoms with Gasteiger partial charge in [-0.25, -0.2) is 0 Å². The van der Waals surface area contributed by atoms with E-state index >= 15 is 0 Å². The number of hydrogen-bond donors (Lipinski definition) is 1. The minimum Gasteiger partial charge on any atom is -0.472 e. The molecule has 17 heavy (non-hydrogen) atoms. The molecule has 2 rings (SSSR count). The first-order chi connectivity index (χ1) is 8.25. The second-order valence-corrected chi connectivity index (χ2v) is 4.78. The number of amides is 1. The summed E-state index contributed by atoms with van der Waals surface area (Å²) in [5.41, 5.74) is 1.04. The van der Waals surface area contributed by atoms with Gasteiger partial charge >= 0.3 is 0 Å². The maximum Gasteiger partial charge on any atom is 0.222 e. The highest BCUT2D eigenvalue weighted by molar-refractivity contribution is 5.75. The van der Waals surface area contributed by atoms with Crippen LogP contribution >= 0.6 is 0 Å². The van der Waals surface area contributed by atoms with Gasteiger partial charge in [-0.1, -0.05) is 0 Å². The maximum absolute atomic E-state index is 11.9. The first kappa shape index (κ1) is 12.2. The molecule has 1 amide bonds. The summed E-state index contributed by atoms with van der Waals surface area (Å²) < 4.78 is 4.99. The Balaban J connectivity index is 1.71. The van der Waals surface area contributed by atoms with E-state index in [1.54, 1.807) is 17.4 Å². The lowest BCUT2D eigenvalue weighted by atomic mass is 10.0. The average Bonchev–Trinajstić information content (AvgIpc) is 2.98. The highest BCUT2D eigenvalue weighted by atomic mass is 16.3. The van der Waals surface area contributed by atoms with Crippen molar-refractivity contribution in [1.29, 1.82) is 0 Å². The molecule has 1 saturated heterocycles. The summed E-state index contributed by atoms with van der Waals surface area (Å²) in [6.45, 7) is 2.81. The predicted molar refractivity (Wildman–Crippen MR) is 65.4 cm³/mol.